The average Bonchev–Trinajstić information content (AvgIpc) is 2.59. The minimum atomic E-state index is -1.06. The van der Waals surface area contributed by atoms with Gasteiger partial charge in [-0.05, 0) is 50.8 Å². The van der Waals surface area contributed by atoms with Crippen LogP contribution in [0.2, 0.25) is 0 Å². The molecule has 2 atom stereocenters. The number of ether oxygens (including phenoxy) is 2. The number of aliphatic carboxylic acids is 1. The zero-order valence-corrected chi connectivity index (χ0v) is 15.2. The molecule has 1 fully saturated rings. The van der Waals surface area contributed by atoms with E-state index in [1.807, 2.05) is 18.2 Å². The van der Waals surface area contributed by atoms with Crippen molar-refractivity contribution in [3.63, 3.8) is 0 Å². The van der Waals surface area contributed by atoms with Crippen molar-refractivity contribution in [2.45, 2.75) is 50.9 Å². The summed E-state index contributed by atoms with van der Waals surface area (Å²) in [6, 6.07) is 6.99. The van der Waals surface area contributed by atoms with E-state index in [0.29, 0.717) is 31.4 Å². The van der Waals surface area contributed by atoms with Gasteiger partial charge in [-0.2, -0.15) is 0 Å². The minimum Gasteiger partial charge on any atom is -0.480 e. The van der Waals surface area contributed by atoms with Crippen molar-refractivity contribution < 1.29 is 29.3 Å². The Hall–Kier alpha value is -1.96. The SMILES string of the molecule is CC(C)(O)CCc1cccc(C(=O)N[C@@H]2CCOC[C@H]2OCC(=O)O)c1. The Morgan fingerprint density at radius 2 is 2.15 bits per heavy atom. The van der Waals surface area contributed by atoms with Crippen LogP contribution in [0.25, 0.3) is 0 Å². The first-order valence-corrected chi connectivity index (χ1v) is 8.78. The van der Waals surface area contributed by atoms with Gasteiger partial charge in [-0.3, -0.25) is 4.79 Å². The summed E-state index contributed by atoms with van der Waals surface area (Å²) < 4.78 is 10.6. The fraction of sp³-hybridized carbons (Fsp3) is 0.579. The Kier molecular flexibility index (Phi) is 7.14. The predicted molar refractivity (Wildman–Crippen MR) is 95.1 cm³/mol. The summed E-state index contributed by atoms with van der Waals surface area (Å²) in [5, 5.41) is 21.5. The molecule has 1 aliphatic heterocycles. The van der Waals surface area contributed by atoms with Crippen LogP contribution >= 0.6 is 0 Å². The summed E-state index contributed by atoms with van der Waals surface area (Å²) in [7, 11) is 0. The summed E-state index contributed by atoms with van der Waals surface area (Å²) in [6.07, 6.45) is 1.35. The number of amides is 1. The lowest BCUT2D eigenvalue weighted by Crippen LogP contribution is -2.50. The Labute approximate surface area is 153 Å². The van der Waals surface area contributed by atoms with Gasteiger partial charge in [-0.15, -0.1) is 0 Å². The topological polar surface area (TPSA) is 105 Å². The van der Waals surface area contributed by atoms with Crippen LogP contribution in [0.3, 0.4) is 0 Å². The van der Waals surface area contributed by atoms with Crippen molar-refractivity contribution in [3.8, 4) is 0 Å². The molecule has 0 saturated carbocycles. The number of hydrogen-bond donors (Lipinski definition) is 3. The highest BCUT2D eigenvalue weighted by Gasteiger charge is 2.29. The molecule has 0 spiro atoms. The zero-order valence-electron chi connectivity index (χ0n) is 15.2. The van der Waals surface area contributed by atoms with Gasteiger partial charge in [0.25, 0.3) is 5.91 Å². The Morgan fingerprint density at radius 1 is 1.38 bits per heavy atom. The molecule has 7 heteroatoms. The maximum atomic E-state index is 12.6. The predicted octanol–water partition coefficient (Wildman–Crippen LogP) is 1.38. The third-order valence-corrected chi connectivity index (χ3v) is 4.26. The lowest BCUT2D eigenvalue weighted by atomic mass is 9.97. The molecule has 144 valence electrons. The number of carboxylic acids is 1. The van der Waals surface area contributed by atoms with Crippen LogP contribution in [-0.2, 0) is 20.7 Å². The molecule has 0 radical (unpaired) electrons. The van der Waals surface area contributed by atoms with E-state index in [4.69, 9.17) is 14.6 Å². The standard InChI is InChI=1S/C19H27NO6/c1-19(2,24)8-6-13-4-3-5-14(10-13)18(23)20-15-7-9-25-11-16(15)26-12-17(21)22/h3-5,10,15-16,24H,6-9,11-12H2,1-2H3,(H,20,23)(H,21,22)/t15-,16-/m1/s1. The van der Waals surface area contributed by atoms with Crippen LogP contribution in [0.4, 0.5) is 0 Å². The molecule has 0 bridgehead atoms. The monoisotopic (exact) mass is 365 g/mol. The molecular weight excluding hydrogens is 338 g/mol. The van der Waals surface area contributed by atoms with Gasteiger partial charge >= 0.3 is 5.97 Å². The van der Waals surface area contributed by atoms with E-state index < -0.39 is 24.3 Å². The Bertz CT molecular complexity index is 625. The van der Waals surface area contributed by atoms with Crippen LogP contribution < -0.4 is 5.32 Å². The number of benzene rings is 1. The Morgan fingerprint density at radius 3 is 2.85 bits per heavy atom. The van der Waals surface area contributed by atoms with Gasteiger partial charge in [0.2, 0.25) is 0 Å². The third-order valence-electron chi connectivity index (χ3n) is 4.26. The fourth-order valence-electron chi connectivity index (χ4n) is 2.79. The average molecular weight is 365 g/mol. The van der Waals surface area contributed by atoms with Crippen molar-refractivity contribution in [1.82, 2.24) is 5.32 Å². The largest absolute Gasteiger partial charge is 0.480 e. The highest BCUT2D eigenvalue weighted by atomic mass is 16.5. The zero-order chi connectivity index (χ0) is 19.2. The number of carboxylic acid groups (broad SMARTS) is 1. The van der Waals surface area contributed by atoms with Crippen LogP contribution in [0.15, 0.2) is 24.3 Å². The summed E-state index contributed by atoms with van der Waals surface area (Å²) in [4.78, 5) is 23.3. The number of carbonyl (C=O) groups excluding carboxylic acids is 1. The Balaban J connectivity index is 1.98. The smallest absolute Gasteiger partial charge is 0.329 e. The van der Waals surface area contributed by atoms with Gasteiger partial charge in [-0.1, -0.05) is 12.1 Å². The highest BCUT2D eigenvalue weighted by Crippen LogP contribution is 2.16. The number of aryl methyl sites for hydroxylation is 1. The maximum Gasteiger partial charge on any atom is 0.329 e. The van der Waals surface area contributed by atoms with E-state index in [2.05, 4.69) is 5.32 Å². The fourth-order valence-corrected chi connectivity index (χ4v) is 2.79. The second-order valence-electron chi connectivity index (χ2n) is 7.20. The third kappa shape index (κ3) is 6.74. The molecule has 2 rings (SSSR count). The second kappa shape index (κ2) is 9.12. The number of rotatable bonds is 8. The van der Waals surface area contributed by atoms with Gasteiger partial charge in [0.1, 0.15) is 12.7 Å². The number of nitrogens with one attached hydrogen (secondary N) is 1. The van der Waals surface area contributed by atoms with Crippen LogP contribution in [0.1, 0.15) is 42.6 Å². The van der Waals surface area contributed by atoms with Crippen LogP contribution in [0, 0.1) is 0 Å². The molecule has 1 aromatic rings. The molecule has 1 aromatic carbocycles. The van der Waals surface area contributed by atoms with Gasteiger partial charge < -0.3 is 25.0 Å². The quantitative estimate of drug-likeness (QED) is 0.643. The second-order valence-corrected chi connectivity index (χ2v) is 7.20. The van der Waals surface area contributed by atoms with E-state index in [-0.39, 0.29) is 18.6 Å². The normalized spacial score (nSPS) is 20.6. The van der Waals surface area contributed by atoms with Gasteiger partial charge in [0.15, 0.2) is 0 Å². The molecule has 1 heterocycles. The molecule has 1 aliphatic rings. The molecule has 3 N–H and O–H groups in total. The van der Waals surface area contributed by atoms with Gasteiger partial charge in [0.05, 0.1) is 18.2 Å². The number of hydrogen-bond acceptors (Lipinski definition) is 5. The molecule has 26 heavy (non-hydrogen) atoms. The van der Waals surface area contributed by atoms with Crippen LogP contribution in [-0.4, -0.2) is 59.7 Å². The molecule has 0 unspecified atom stereocenters. The summed E-state index contributed by atoms with van der Waals surface area (Å²) >= 11 is 0. The maximum absolute atomic E-state index is 12.6. The minimum absolute atomic E-state index is 0.231. The molecule has 0 aromatic heterocycles. The molecule has 0 aliphatic carbocycles. The van der Waals surface area contributed by atoms with E-state index in [1.54, 1.807) is 19.9 Å². The van der Waals surface area contributed by atoms with Crippen molar-refractivity contribution in [2.24, 2.45) is 0 Å². The summed E-state index contributed by atoms with van der Waals surface area (Å²) in [5.41, 5.74) is 0.752. The van der Waals surface area contributed by atoms with Gasteiger partial charge in [0, 0.05) is 12.2 Å². The van der Waals surface area contributed by atoms with E-state index in [1.165, 1.54) is 0 Å². The number of carbonyl (C=O) groups is 2. The van der Waals surface area contributed by atoms with Crippen molar-refractivity contribution >= 4 is 11.9 Å². The first kappa shape index (κ1) is 20.4. The molecule has 7 nitrogen and oxygen atoms in total. The lowest BCUT2D eigenvalue weighted by molar-refractivity contribution is -0.148. The van der Waals surface area contributed by atoms with E-state index in [0.717, 1.165) is 5.56 Å². The highest BCUT2D eigenvalue weighted by molar-refractivity contribution is 5.94. The van der Waals surface area contributed by atoms with Gasteiger partial charge in [-0.25, -0.2) is 4.79 Å². The number of aliphatic hydroxyl groups is 1. The van der Waals surface area contributed by atoms with Crippen LogP contribution in [0.5, 0.6) is 0 Å². The summed E-state index contributed by atoms with van der Waals surface area (Å²) in [6.45, 7) is 3.83. The van der Waals surface area contributed by atoms with Crippen molar-refractivity contribution in [3.05, 3.63) is 35.4 Å². The first-order chi connectivity index (χ1) is 12.2. The van der Waals surface area contributed by atoms with Crippen molar-refractivity contribution in [2.75, 3.05) is 19.8 Å². The van der Waals surface area contributed by atoms with E-state index in [9.17, 15) is 14.7 Å². The first-order valence-electron chi connectivity index (χ1n) is 8.78. The lowest BCUT2D eigenvalue weighted by Gasteiger charge is -2.31. The molecular formula is C19H27NO6. The van der Waals surface area contributed by atoms with E-state index >= 15 is 0 Å². The summed E-state index contributed by atoms with van der Waals surface area (Å²) in [5.74, 6) is -1.29. The molecule has 1 amide bonds. The molecule has 1 saturated heterocycles. The van der Waals surface area contributed by atoms with Crippen molar-refractivity contribution in [1.29, 1.82) is 0 Å².